The van der Waals surface area contributed by atoms with Gasteiger partial charge in [0.1, 0.15) is 0 Å². The molecule has 0 aromatic carbocycles. The summed E-state index contributed by atoms with van der Waals surface area (Å²) < 4.78 is 44.0. The van der Waals surface area contributed by atoms with E-state index in [-0.39, 0.29) is 11.7 Å². The molecule has 0 aliphatic heterocycles. The molecule has 3 nitrogen and oxygen atoms in total. The summed E-state index contributed by atoms with van der Waals surface area (Å²) in [5, 5.41) is 2.87. The van der Waals surface area contributed by atoms with Gasteiger partial charge in [-0.15, -0.1) is 0 Å². The number of hydrogen-bond acceptors (Lipinski definition) is 3. The second kappa shape index (κ2) is 6.15. The van der Waals surface area contributed by atoms with Gasteiger partial charge in [-0.1, -0.05) is 6.92 Å². The minimum Gasteiger partial charge on any atom is -0.379 e. The first-order chi connectivity index (χ1) is 8.45. The molecule has 1 rings (SSSR count). The zero-order chi connectivity index (χ0) is 13.8. The Balaban J connectivity index is 3.21. The number of halogens is 3. The lowest BCUT2D eigenvalue weighted by Crippen LogP contribution is -2.32. The molecule has 102 valence electrons. The predicted octanol–water partition coefficient (Wildman–Crippen LogP) is 2.79. The van der Waals surface area contributed by atoms with Crippen LogP contribution in [0.5, 0.6) is 0 Å². The largest absolute Gasteiger partial charge is 0.416 e. The van der Waals surface area contributed by atoms with Crippen LogP contribution in [-0.2, 0) is 10.9 Å². The smallest absolute Gasteiger partial charge is 0.379 e. The third kappa shape index (κ3) is 3.20. The van der Waals surface area contributed by atoms with Crippen LogP contribution in [0.25, 0.3) is 0 Å². The van der Waals surface area contributed by atoms with Crippen LogP contribution in [0.2, 0.25) is 0 Å². The highest BCUT2D eigenvalue weighted by atomic mass is 19.4. The highest BCUT2D eigenvalue weighted by Crippen LogP contribution is 2.35. The molecule has 0 radical (unpaired) electrons. The fourth-order valence-electron chi connectivity index (χ4n) is 1.99. The van der Waals surface area contributed by atoms with E-state index in [4.69, 9.17) is 4.74 Å². The fraction of sp³-hybridized carbons (Fsp3) is 0.583. The van der Waals surface area contributed by atoms with E-state index in [1.807, 2.05) is 6.92 Å². The highest BCUT2D eigenvalue weighted by molar-refractivity contribution is 5.30. The maximum absolute atomic E-state index is 12.9. The summed E-state index contributed by atoms with van der Waals surface area (Å²) in [4.78, 5) is 3.78. The molecule has 2 unspecified atom stereocenters. The lowest BCUT2D eigenvalue weighted by Gasteiger charge is -2.27. The number of alkyl halides is 3. The molecule has 0 bridgehead atoms. The number of hydrogen-bond donors (Lipinski definition) is 1. The van der Waals surface area contributed by atoms with E-state index in [1.165, 1.54) is 13.3 Å². The molecule has 0 saturated carbocycles. The molecule has 1 aromatic heterocycles. The van der Waals surface area contributed by atoms with Gasteiger partial charge >= 0.3 is 6.18 Å². The standard InChI is InChI=1S/C12H17F3N2O/c1-4-10(18-3)11(16-2)8-7-17-6-5-9(8)12(13,14)15/h5-7,10-11,16H,4H2,1-3H3. The van der Waals surface area contributed by atoms with Crippen molar-refractivity contribution in [3.63, 3.8) is 0 Å². The molecule has 6 heteroatoms. The van der Waals surface area contributed by atoms with Crippen LogP contribution < -0.4 is 5.32 Å². The van der Waals surface area contributed by atoms with Crippen molar-refractivity contribution < 1.29 is 17.9 Å². The second-order valence-electron chi connectivity index (χ2n) is 3.91. The van der Waals surface area contributed by atoms with Gasteiger partial charge in [0.2, 0.25) is 0 Å². The molecule has 18 heavy (non-hydrogen) atoms. The molecular formula is C12H17F3N2O. The van der Waals surface area contributed by atoms with E-state index in [1.54, 1.807) is 7.05 Å². The third-order valence-corrected chi connectivity index (χ3v) is 2.88. The van der Waals surface area contributed by atoms with E-state index >= 15 is 0 Å². The minimum atomic E-state index is -4.39. The molecule has 0 fully saturated rings. The summed E-state index contributed by atoms with van der Waals surface area (Å²) in [5.41, 5.74) is -0.562. The maximum Gasteiger partial charge on any atom is 0.416 e. The minimum absolute atomic E-state index is 0.112. The fourth-order valence-corrected chi connectivity index (χ4v) is 1.99. The van der Waals surface area contributed by atoms with Crippen LogP contribution in [0.3, 0.4) is 0 Å². The molecule has 0 saturated heterocycles. The first kappa shape index (κ1) is 14.9. The van der Waals surface area contributed by atoms with Gasteiger partial charge in [0, 0.05) is 25.1 Å². The predicted molar refractivity (Wildman–Crippen MR) is 62.1 cm³/mol. The number of rotatable bonds is 5. The third-order valence-electron chi connectivity index (χ3n) is 2.88. The summed E-state index contributed by atoms with van der Waals surface area (Å²) in [5.74, 6) is 0. The lowest BCUT2D eigenvalue weighted by atomic mass is 9.96. The Morgan fingerprint density at radius 1 is 1.44 bits per heavy atom. The quantitative estimate of drug-likeness (QED) is 0.886. The Morgan fingerprint density at radius 2 is 2.11 bits per heavy atom. The van der Waals surface area contributed by atoms with Crippen molar-refractivity contribution in [2.45, 2.75) is 31.7 Å². The molecule has 1 aromatic rings. The second-order valence-corrected chi connectivity index (χ2v) is 3.91. The van der Waals surface area contributed by atoms with Gasteiger partial charge in [0.15, 0.2) is 0 Å². The van der Waals surface area contributed by atoms with Crippen LogP contribution >= 0.6 is 0 Å². The Hall–Kier alpha value is -1.14. The zero-order valence-corrected chi connectivity index (χ0v) is 10.6. The average molecular weight is 262 g/mol. The van der Waals surface area contributed by atoms with E-state index < -0.39 is 17.8 Å². The Kier molecular flexibility index (Phi) is 5.10. The number of aromatic nitrogens is 1. The van der Waals surface area contributed by atoms with Crippen molar-refractivity contribution in [2.24, 2.45) is 0 Å². The Morgan fingerprint density at radius 3 is 2.56 bits per heavy atom. The summed E-state index contributed by atoms with van der Waals surface area (Å²) in [6.07, 6.45) is -1.73. The van der Waals surface area contributed by atoms with Gasteiger partial charge in [-0.25, -0.2) is 0 Å². The first-order valence-electron chi connectivity index (χ1n) is 5.66. The SMILES string of the molecule is CCC(OC)C(NC)c1cnccc1C(F)(F)F. The zero-order valence-electron chi connectivity index (χ0n) is 10.6. The van der Waals surface area contributed by atoms with Crippen LogP contribution in [0.4, 0.5) is 13.2 Å². The number of methoxy groups -OCH3 is 1. The van der Waals surface area contributed by atoms with Gasteiger partial charge in [-0.3, -0.25) is 4.98 Å². The average Bonchev–Trinajstić information content (AvgIpc) is 2.34. The van der Waals surface area contributed by atoms with Crippen molar-refractivity contribution in [3.8, 4) is 0 Å². The molecule has 0 spiro atoms. The summed E-state index contributed by atoms with van der Waals surface area (Å²) in [7, 11) is 3.10. The molecule has 0 aliphatic rings. The monoisotopic (exact) mass is 262 g/mol. The summed E-state index contributed by atoms with van der Waals surface area (Å²) in [6.45, 7) is 1.86. The van der Waals surface area contributed by atoms with Gasteiger partial charge in [0.25, 0.3) is 0 Å². The topological polar surface area (TPSA) is 34.1 Å². The first-order valence-corrected chi connectivity index (χ1v) is 5.66. The molecular weight excluding hydrogens is 245 g/mol. The highest BCUT2D eigenvalue weighted by Gasteiger charge is 2.36. The number of nitrogens with zero attached hydrogens (tertiary/aromatic N) is 1. The normalized spacial score (nSPS) is 15.4. The van der Waals surface area contributed by atoms with E-state index in [9.17, 15) is 13.2 Å². The van der Waals surface area contributed by atoms with Crippen LogP contribution in [0.1, 0.15) is 30.5 Å². The Bertz CT molecular complexity index is 378. The Labute approximate surface area is 104 Å². The summed E-state index contributed by atoms with van der Waals surface area (Å²) >= 11 is 0. The molecule has 0 aliphatic carbocycles. The van der Waals surface area contributed by atoms with Crippen LogP contribution in [-0.4, -0.2) is 25.2 Å². The van der Waals surface area contributed by atoms with Crippen molar-refractivity contribution in [1.29, 1.82) is 0 Å². The maximum atomic E-state index is 12.9. The van der Waals surface area contributed by atoms with Crippen molar-refractivity contribution >= 4 is 0 Å². The molecule has 1 heterocycles. The number of pyridine rings is 1. The van der Waals surface area contributed by atoms with Crippen molar-refractivity contribution in [2.75, 3.05) is 14.2 Å². The number of nitrogens with one attached hydrogen (secondary N) is 1. The van der Waals surface area contributed by atoms with Gasteiger partial charge in [-0.2, -0.15) is 13.2 Å². The van der Waals surface area contributed by atoms with E-state index in [0.29, 0.717) is 6.42 Å². The van der Waals surface area contributed by atoms with E-state index in [0.717, 1.165) is 12.3 Å². The van der Waals surface area contributed by atoms with Crippen molar-refractivity contribution in [1.82, 2.24) is 10.3 Å². The lowest BCUT2D eigenvalue weighted by molar-refractivity contribution is -0.138. The number of likely N-dealkylation sites (N-methyl/N-ethyl adjacent to an activating group) is 1. The van der Waals surface area contributed by atoms with Crippen LogP contribution in [0, 0.1) is 0 Å². The summed E-state index contributed by atoms with van der Waals surface area (Å²) in [6, 6.07) is 0.451. The van der Waals surface area contributed by atoms with Crippen LogP contribution in [0.15, 0.2) is 18.5 Å². The van der Waals surface area contributed by atoms with Gasteiger partial charge in [-0.05, 0) is 19.5 Å². The van der Waals surface area contributed by atoms with Crippen molar-refractivity contribution in [3.05, 3.63) is 29.6 Å². The number of ether oxygens (including phenoxy) is 1. The molecule has 2 atom stereocenters. The van der Waals surface area contributed by atoms with E-state index in [2.05, 4.69) is 10.3 Å². The van der Waals surface area contributed by atoms with Gasteiger partial charge < -0.3 is 10.1 Å². The van der Waals surface area contributed by atoms with Gasteiger partial charge in [0.05, 0.1) is 17.7 Å². The molecule has 0 amide bonds. The molecule has 1 N–H and O–H groups in total.